The molecule has 0 saturated heterocycles. The smallest absolute Gasteiger partial charge is 0.261 e. The maximum Gasteiger partial charge on any atom is 0.261 e. The third-order valence-electron chi connectivity index (χ3n) is 6.08. The third kappa shape index (κ3) is 3.81. The van der Waals surface area contributed by atoms with Gasteiger partial charge in [-0.3, -0.25) is 4.79 Å². The Bertz CT molecular complexity index is 724. The van der Waals surface area contributed by atoms with Gasteiger partial charge in [-0.25, -0.2) is 0 Å². The van der Waals surface area contributed by atoms with Gasteiger partial charge in [0.05, 0.1) is 0 Å². The summed E-state index contributed by atoms with van der Waals surface area (Å²) >= 11 is 0. The second-order valence-corrected chi connectivity index (χ2v) is 13.4. The molecule has 1 fully saturated rings. The summed E-state index contributed by atoms with van der Waals surface area (Å²) in [6, 6.07) is 21.3. The van der Waals surface area contributed by atoms with Crippen LogP contribution in [0, 0.1) is 5.41 Å². The number of hydrogen-bond acceptors (Lipinski definition) is 2. The van der Waals surface area contributed by atoms with Gasteiger partial charge in [0, 0.05) is 18.4 Å². The van der Waals surface area contributed by atoms with E-state index in [4.69, 9.17) is 4.43 Å². The normalized spacial score (nSPS) is 21.3. The first-order valence-electron chi connectivity index (χ1n) is 10.1. The molecule has 27 heavy (non-hydrogen) atoms. The van der Waals surface area contributed by atoms with E-state index in [2.05, 4.69) is 88.4 Å². The van der Waals surface area contributed by atoms with Crippen LogP contribution in [0.1, 0.15) is 53.4 Å². The number of carbonyl (C=O) groups is 1. The molecule has 3 rings (SSSR count). The van der Waals surface area contributed by atoms with Gasteiger partial charge in [0.2, 0.25) is 0 Å². The average Bonchev–Trinajstić information content (AvgIpc) is 2.65. The molecule has 0 radical (unpaired) electrons. The van der Waals surface area contributed by atoms with E-state index in [1.807, 2.05) is 0 Å². The Morgan fingerprint density at radius 2 is 1.44 bits per heavy atom. The molecule has 1 aliphatic carbocycles. The molecule has 0 heterocycles. The largest absolute Gasteiger partial charge is 0.406 e. The molecular formula is C24H32O2Si. The monoisotopic (exact) mass is 380 g/mol. The van der Waals surface area contributed by atoms with E-state index in [0.29, 0.717) is 18.8 Å². The SMILES string of the molecule is CC(C)(C)[Si](OC[C@]1(C)CCCCC1=O)(c1ccccc1)c1ccccc1. The van der Waals surface area contributed by atoms with Crippen molar-refractivity contribution in [2.75, 3.05) is 6.61 Å². The number of carbonyl (C=O) groups excluding carboxylic acids is 1. The second-order valence-electron chi connectivity index (χ2n) is 9.14. The molecule has 1 aliphatic rings. The second kappa shape index (κ2) is 7.73. The van der Waals surface area contributed by atoms with Crippen LogP contribution in [0.5, 0.6) is 0 Å². The Labute approximate surface area is 165 Å². The summed E-state index contributed by atoms with van der Waals surface area (Å²) in [6.07, 6.45) is 3.77. The quantitative estimate of drug-likeness (QED) is 0.702. The fourth-order valence-corrected chi connectivity index (χ4v) is 9.11. The lowest BCUT2D eigenvalue weighted by Crippen LogP contribution is -2.67. The zero-order valence-corrected chi connectivity index (χ0v) is 18.1. The fourth-order valence-electron chi connectivity index (χ4n) is 4.42. The van der Waals surface area contributed by atoms with Gasteiger partial charge in [0.25, 0.3) is 8.32 Å². The molecule has 1 saturated carbocycles. The zero-order valence-electron chi connectivity index (χ0n) is 17.1. The highest BCUT2D eigenvalue weighted by Gasteiger charge is 2.51. The summed E-state index contributed by atoms with van der Waals surface area (Å²) in [7, 11) is -2.56. The van der Waals surface area contributed by atoms with Crippen molar-refractivity contribution in [3.05, 3.63) is 60.7 Å². The van der Waals surface area contributed by atoms with Gasteiger partial charge in [-0.15, -0.1) is 0 Å². The number of rotatable bonds is 5. The van der Waals surface area contributed by atoms with Crippen molar-refractivity contribution in [2.45, 2.75) is 58.4 Å². The van der Waals surface area contributed by atoms with Crippen LogP contribution in [-0.4, -0.2) is 20.7 Å². The third-order valence-corrected chi connectivity index (χ3v) is 11.1. The van der Waals surface area contributed by atoms with Gasteiger partial charge in [-0.2, -0.15) is 0 Å². The van der Waals surface area contributed by atoms with Crippen molar-refractivity contribution in [1.82, 2.24) is 0 Å². The van der Waals surface area contributed by atoms with E-state index in [9.17, 15) is 4.79 Å². The predicted molar refractivity (Wildman–Crippen MR) is 115 cm³/mol. The maximum atomic E-state index is 12.7. The van der Waals surface area contributed by atoms with E-state index in [0.717, 1.165) is 19.3 Å². The number of benzene rings is 2. The van der Waals surface area contributed by atoms with Crippen LogP contribution in [0.15, 0.2) is 60.7 Å². The molecule has 0 bridgehead atoms. The van der Waals surface area contributed by atoms with Crippen LogP contribution >= 0.6 is 0 Å². The summed E-state index contributed by atoms with van der Waals surface area (Å²) in [5, 5.41) is 2.50. The van der Waals surface area contributed by atoms with Gasteiger partial charge in [-0.1, -0.05) is 94.8 Å². The van der Waals surface area contributed by atoms with Crippen molar-refractivity contribution in [1.29, 1.82) is 0 Å². The van der Waals surface area contributed by atoms with Crippen LogP contribution in [0.2, 0.25) is 5.04 Å². The number of Topliss-reactive ketones (excluding diaryl/α,β-unsaturated/α-hetero) is 1. The molecule has 0 aliphatic heterocycles. The van der Waals surface area contributed by atoms with E-state index in [1.165, 1.54) is 10.4 Å². The summed E-state index contributed by atoms with van der Waals surface area (Å²) in [5.74, 6) is 0.367. The Morgan fingerprint density at radius 1 is 0.926 bits per heavy atom. The zero-order chi connectivity index (χ0) is 19.5. The molecule has 1 atom stereocenters. The number of ketones is 1. The number of hydrogen-bond donors (Lipinski definition) is 0. The lowest BCUT2D eigenvalue weighted by molar-refractivity contribution is -0.132. The van der Waals surface area contributed by atoms with E-state index in [-0.39, 0.29) is 10.5 Å². The van der Waals surface area contributed by atoms with Crippen molar-refractivity contribution in [3.63, 3.8) is 0 Å². The summed E-state index contributed by atoms with van der Waals surface area (Å²) in [4.78, 5) is 12.7. The van der Waals surface area contributed by atoms with Crippen LogP contribution < -0.4 is 10.4 Å². The highest BCUT2D eigenvalue weighted by Crippen LogP contribution is 2.40. The summed E-state index contributed by atoms with van der Waals surface area (Å²) in [5.41, 5.74) is -0.356. The summed E-state index contributed by atoms with van der Waals surface area (Å²) in [6.45, 7) is 9.46. The highest BCUT2D eigenvalue weighted by atomic mass is 28.4. The van der Waals surface area contributed by atoms with Gasteiger partial charge >= 0.3 is 0 Å². The first-order valence-corrected chi connectivity index (χ1v) is 12.0. The Hall–Kier alpha value is -1.71. The van der Waals surface area contributed by atoms with Crippen molar-refractivity contribution >= 4 is 24.5 Å². The Morgan fingerprint density at radius 3 is 1.89 bits per heavy atom. The van der Waals surface area contributed by atoms with Crippen molar-refractivity contribution < 1.29 is 9.22 Å². The van der Waals surface area contributed by atoms with Crippen LogP contribution in [0.4, 0.5) is 0 Å². The first kappa shape index (κ1) is 20.0. The molecule has 0 N–H and O–H groups in total. The Kier molecular flexibility index (Phi) is 5.73. The minimum atomic E-state index is -2.56. The van der Waals surface area contributed by atoms with Gasteiger partial charge < -0.3 is 4.43 Å². The molecule has 2 nitrogen and oxygen atoms in total. The van der Waals surface area contributed by atoms with Crippen LogP contribution in [-0.2, 0) is 9.22 Å². The van der Waals surface area contributed by atoms with E-state index >= 15 is 0 Å². The molecule has 2 aromatic rings. The fraction of sp³-hybridized carbons (Fsp3) is 0.458. The first-order chi connectivity index (χ1) is 12.8. The average molecular weight is 381 g/mol. The molecule has 0 unspecified atom stereocenters. The minimum Gasteiger partial charge on any atom is -0.406 e. The van der Waals surface area contributed by atoms with Crippen molar-refractivity contribution in [2.24, 2.45) is 5.41 Å². The lowest BCUT2D eigenvalue weighted by Gasteiger charge is -2.45. The van der Waals surface area contributed by atoms with Crippen LogP contribution in [0.25, 0.3) is 0 Å². The molecular weight excluding hydrogens is 348 g/mol. The molecule has 3 heteroatoms. The summed E-state index contributed by atoms with van der Waals surface area (Å²) < 4.78 is 7.00. The highest BCUT2D eigenvalue weighted by molar-refractivity contribution is 6.99. The Balaban J connectivity index is 2.08. The minimum absolute atomic E-state index is 0.0518. The van der Waals surface area contributed by atoms with Gasteiger partial charge in [0.15, 0.2) is 0 Å². The standard InChI is InChI=1S/C24H32O2Si/c1-23(2,3)27(20-13-7-5-8-14-20,21-15-9-6-10-16-21)26-19-24(4)18-12-11-17-22(24)25/h5-10,13-16H,11-12,17-19H2,1-4H3/t24-/m0/s1. The van der Waals surface area contributed by atoms with Gasteiger partial charge in [-0.05, 0) is 28.3 Å². The predicted octanol–water partition coefficient (Wildman–Crippen LogP) is 4.71. The molecule has 0 spiro atoms. The molecule has 0 aromatic heterocycles. The maximum absolute atomic E-state index is 12.7. The van der Waals surface area contributed by atoms with Crippen LogP contribution in [0.3, 0.4) is 0 Å². The lowest BCUT2D eigenvalue weighted by atomic mass is 9.75. The van der Waals surface area contributed by atoms with E-state index in [1.54, 1.807) is 0 Å². The van der Waals surface area contributed by atoms with Crippen molar-refractivity contribution in [3.8, 4) is 0 Å². The molecule has 144 valence electrons. The van der Waals surface area contributed by atoms with E-state index < -0.39 is 8.32 Å². The molecule has 2 aromatic carbocycles. The topological polar surface area (TPSA) is 26.3 Å². The molecule has 0 amide bonds. The van der Waals surface area contributed by atoms with Gasteiger partial charge in [0.1, 0.15) is 5.78 Å².